The zero-order valence-electron chi connectivity index (χ0n) is 18.7. The van der Waals surface area contributed by atoms with Crippen LogP contribution >= 0.6 is 0 Å². The van der Waals surface area contributed by atoms with Gasteiger partial charge in [0.2, 0.25) is 0 Å². The molecule has 0 heterocycles. The summed E-state index contributed by atoms with van der Waals surface area (Å²) in [5, 5.41) is 2.50. The lowest BCUT2D eigenvalue weighted by molar-refractivity contribution is -0.109. The van der Waals surface area contributed by atoms with Gasteiger partial charge in [-0.2, -0.15) is 0 Å². The Balaban J connectivity index is 2.41. The molecule has 0 amide bonds. The first-order valence-corrected chi connectivity index (χ1v) is 13.1. The summed E-state index contributed by atoms with van der Waals surface area (Å²) in [7, 11) is -2.58. The standard InChI is InChI=1S/C26H38O2Si/c1-5-6-7-8-11-16-23(21-22-27)28-29(26(2,3)4,24-17-12-9-13-18-24)25-19-14-10-15-20-25/h9-10,12-15,17-20,22-23H,5-8,11,16,21H2,1-4H3/t23-/m0/s1. The Morgan fingerprint density at radius 3 is 1.83 bits per heavy atom. The summed E-state index contributed by atoms with van der Waals surface area (Å²) in [4.78, 5) is 11.5. The Morgan fingerprint density at radius 1 is 0.862 bits per heavy atom. The molecule has 0 saturated carbocycles. The average molecular weight is 411 g/mol. The Kier molecular flexibility index (Phi) is 9.32. The van der Waals surface area contributed by atoms with Crippen molar-refractivity contribution in [3.05, 3.63) is 60.7 Å². The van der Waals surface area contributed by atoms with Crippen LogP contribution in [0.5, 0.6) is 0 Å². The van der Waals surface area contributed by atoms with E-state index in [1.807, 2.05) is 0 Å². The van der Waals surface area contributed by atoms with Gasteiger partial charge < -0.3 is 9.22 Å². The molecule has 2 nitrogen and oxygen atoms in total. The fraction of sp³-hybridized carbons (Fsp3) is 0.500. The van der Waals surface area contributed by atoms with E-state index in [1.165, 1.54) is 36.1 Å². The number of hydrogen-bond acceptors (Lipinski definition) is 2. The molecule has 0 aromatic heterocycles. The number of aldehydes is 1. The molecular formula is C26H38O2Si. The van der Waals surface area contributed by atoms with Crippen molar-refractivity contribution in [1.82, 2.24) is 0 Å². The molecular weight excluding hydrogens is 372 g/mol. The maximum atomic E-state index is 11.5. The third kappa shape index (κ3) is 6.13. The zero-order valence-corrected chi connectivity index (χ0v) is 19.7. The first kappa shape index (κ1) is 23.6. The van der Waals surface area contributed by atoms with Crippen molar-refractivity contribution in [2.75, 3.05) is 0 Å². The molecule has 1 atom stereocenters. The molecule has 29 heavy (non-hydrogen) atoms. The summed E-state index contributed by atoms with van der Waals surface area (Å²) >= 11 is 0. The first-order valence-electron chi connectivity index (χ1n) is 11.2. The molecule has 0 radical (unpaired) electrons. The van der Waals surface area contributed by atoms with E-state index in [2.05, 4.69) is 88.4 Å². The Labute approximate surface area is 178 Å². The highest BCUT2D eigenvalue weighted by atomic mass is 28.4. The number of carbonyl (C=O) groups is 1. The minimum Gasteiger partial charge on any atom is -0.404 e. The predicted octanol–water partition coefficient (Wildman–Crippen LogP) is 5.88. The van der Waals surface area contributed by atoms with Gasteiger partial charge in [-0.1, -0.05) is 120 Å². The van der Waals surface area contributed by atoms with Gasteiger partial charge in [-0.3, -0.25) is 0 Å². The van der Waals surface area contributed by atoms with Crippen LogP contribution in [-0.2, 0) is 9.22 Å². The lowest BCUT2D eigenvalue weighted by Gasteiger charge is -2.45. The fourth-order valence-corrected chi connectivity index (χ4v) is 8.98. The summed E-state index contributed by atoms with van der Waals surface area (Å²) in [6.45, 7) is 9.11. The molecule has 158 valence electrons. The van der Waals surface area contributed by atoms with Crippen LogP contribution in [0.4, 0.5) is 0 Å². The maximum absolute atomic E-state index is 11.5. The highest BCUT2D eigenvalue weighted by Gasteiger charge is 2.51. The van der Waals surface area contributed by atoms with E-state index in [0.717, 1.165) is 19.1 Å². The van der Waals surface area contributed by atoms with Crippen LogP contribution in [0.3, 0.4) is 0 Å². The van der Waals surface area contributed by atoms with Crippen LogP contribution < -0.4 is 10.4 Å². The van der Waals surface area contributed by atoms with Crippen LogP contribution in [0, 0.1) is 0 Å². The normalized spacial score (nSPS) is 13.2. The highest BCUT2D eigenvalue weighted by Crippen LogP contribution is 2.38. The van der Waals surface area contributed by atoms with Crippen LogP contribution in [0.15, 0.2) is 60.7 Å². The van der Waals surface area contributed by atoms with Crippen molar-refractivity contribution in [2.45, 2.75) is 83.8 Å². The van der Waals surface area contributed by atoms with Gasteiger partial charge in [0, 0.05) is 6.42 Å². The minimum absolute atomic E-state index is 0.0274. The molecule has 0 saturated heterocycles. The quantitative estimate of drug-likeness (QED) is 0.248. The highest BCUT2D eigenvalue weighted by molar-refractivity contribution is 6.99. The van der Waals surface area contributed by atoms with Crippen molar-refractivity contribution in [1.29, 1.82) is 0 Å². The van der Waals surface area contributed by atoms with Crippen LogP contribution in [-0.4, -0.2) is 20.7 Å². The third-order valence-electron chi connectivity index (χ3n) is 5.75. The largest absolute Gasteiger partial charge is 0.404 e. The van der Waals surface area contributed by atoms with Gasteiger partial charge in [0.25, 0.3) is 8.32 Å². The minimum atomic E-state index is -2.58. The zero-order chi connectivity index (χ0) is 21.2. The topological polar surface area (TPSA) is 26.3 Å². The SMILES string of the molecule is CCCCCCC[C@@H](CC=O)O[Si](c1ccccc1)(c1ccccc1)C(C)(C)C. The molecule has 2 aromatic carbocycles. The van der Waals surface area contributed by atoms with E-state index in [9.17, 15) is 4.79 Å². The van der Waals surface area contributed by atoms with Crippen molar-refractivity contribution >= 4 is 25.0 Å². The van der Waals surface area contributed by atoms with E-state index in [4.69, 9.17) is 4.43 Å². The molecule has 3 heteroatoms. The van der Waals surface area contributed by atoms with Gasteiger partial charge in [0.15, 0.2) is 0 Å². The number of carbonyl (C=O) groups excluding carboxylic acids is 1. The van der Waals surface area contributed by atoms with E-state index in [1.54, 1.807) is 0 Å². The number of benzene rings is 2. The number of hydrogen-bond donors (Lipinski definition) is 0. The monoisotopic (exact) mass is 410 g/mol. The van der Waals surface area contributed by atoms with Gasteiger partial charge in [0.05, 0.1) is 6.10 Å². The summed E-state index contributed by atoms with van der Waals surface area (Å²) in [6, 6.07) is 21.4. The molecule has 0 N–H and O–H groups in total. The van der Waals surface area contributed by atoms with Crippen molar-refractivity contribution < 1.29 is 9.22 Å². The van der Waals surface area contributed by atoms with Crippen LogP contribution in [0.2, 0.25) is 5.04 Å². The third-order valence-corrected chi connectivity index (χ3v) is 10.8. The first-order chi connectivity index (χ1) is 14.0. The second-order valence-corrected chi connectivity index (χ2v) is 13.3. The Morgan fingerprint density at radius 2 is 1.38 bits per heavy atom. The van der Waals surface area contributed by atoms with Crippen LogP contribution in [0.25, 0.3) is 0 Å². The van der Waals surface area contributed by atoms with Gasteiger partial charge in [-0.05, 0) is 21.8 Å². The van der Waals surface area contributed by atoms with Gasteiger partial charge in [0.1, 0.15) is 6.29 Å². The molecule has 2 rings (SSSR count). The predicted molar refractivity (Wildman–Crippen MR) is 127 cm³/mol. The average Bonchev–Trinajstić information content (AvgIpc) is 2.72. The lowest BCUT2D eigenvalue weighted by atomic mass is 10.1. The summed E-state index contributed by atoms with van der Waals surface area (Å²) in [5.74, 6) is 0. The summed E-state index contributed by atoms with van der Waals surface area (Å²) in [6.07, 6.45) is 8.57. The fourth-order valence-electron chi connectivity index (χ4n) is 4.25. The number of unbranched alkanes of at least 4 members (excludes halogenated alkanes) is 4. The van der Waals surface area contributed by atoms with E-state index < -0.39 is 8.32 Å². The van der Waals surface area contributed by atoms with Crippen molar-refractivity contribution in [3.63, 3.8) is 0 Å². The Bertz CT molecular complexity index is 667. The second kappa shape index (κ2) is 11.5. The molecule has 0 unspecified atom stereocenters. The number of rotatable bonds is 12. The second-order valence-electron chi connectivity index (χ2n) is 9.01. The molecule has 0 bridgehead atoms. The van der Waals surface area contributed by atoms with Gasteiger partial charge >= 0.3 is 0 Å². The molecule has 0 aliphatic heterocycles. The molecule has 0 fully saturated rings. The van der Waals surface area contributed by atoms with Gasteiger partial charge in [-0.25, -0.2) is 0 Å². The van der Waals surface area contributed by atoms with Crippen molar-refractivity contribution in [2.24, 2.45) is 0 Å². The smallest absolute Gasteiger partial charge is 0.261 e. The maximum Gasteiger partial charge on any atom is 0.261 e. The van der Waals surface area contributed by atoms with E-state index in [0.29, 0.717) is 6.42 Å². The Hall–Kier alpha value is -1.71. The molecule has 0 aliphatic rings. The molecule has 2 aromatic rings. The summed E-state index contributed by atoms with van der Waals surface area (Å²) < 4.78 is 7.13. The van der Waals surface area contributed by atoms with E-state index in [-0.39, 0.29) is 11.1 Å². The van der Waals surface area contributed by atoms with E-state index >= 15 is 0 Å². The van der Waals surface area contributed by atoms with Crippen molar-refractivity contribution in [3.8, 4) is 0 Å². The molecule has 0 spiro atoms. The van der Waals surface area contributed by atoms with Crippen LogP contribution in [0.1, 0.15) is 72.6 Å². The molecule has 0 aliphatic carbocycles. The summed E-state index contributed by atoms with van der Waals surface area (Å²) in [5.41, 5.74) is 0. The lowest BCUT2D eigenvalue weighted by Crippen LogP contribution is -2.67. The van der Waals surface area contributed by atoms with Gasteiger partial charge in [-0.15, -0.1) is 0 Å².